The summed E-state index contributed by atoms with van der Waals surface area (Å²) in [5.41, 5.74) is 7.02. The third-order valence-corrected chi connectivity index (χ3v) is 4.26. The maximum Gasteiger partial charge on any atom is 0.251 e. The van der Waals surface area contributed by atoms with Gasteiger partial charge in [0.2, 0.25) is 5.91 Å². The fraction of sp³-hybridized carbons (Fsp3) is 0.556. The largest absolute Gasteiger partial charge is 0.351 e. The Labute approximate surface area is 143 Å². The smallest absolute Gasteiger partial charge is 0.251 e. The molecule has 0 radical (unpaired) electrons. The molecule has 1 fully saturated rings. The van der Waals surface area contributed by atoms with Gasteiger partial charge in [0.15, 0.2) is 0 Å². The number of carbonyl (C=O) groups is 2. The Morgan fingerprint density at radius 2 is 1.88 bits per heavy atom. The Morgan fingerprint density at radius 3 is 2.50 bits per heavy atom. The minimum absolute atomic E-state index is 0.0882. The highest BCUT2D eigenvalue weighted by molar-refractivity contribution is 5.97. The van der Waals surface area contributed by atoms with Gasteiger partial charge in [-0.1, -0.05) is 13.3 Å². The van der Waals surface area contributed by atoms with E-state index in [-0.39, 0.29) is 11.8 Å². The van der Waals surface area contributed by atoms with Crippen molar-refractivity contribution < 1.29 is 9.59 Å². The lowest BCUT2D eigenvalue weighted by Gasteiger charge is -2.15. The maximum absolute atomic E-state index is 12.1. The predicted molar refractivity (Wildman–Crippen MR) is 96.0 cm³/mol. The standard InChI is InChI=1S/C18H28N4O2/c1-2-5-16(19)18(24)21-15-8-6-14(7-9-15)17(23)20-10-13-22-11-3-4-12-22/h6-9,16H,2-5,10-13,19H2,1H3,(H,20,23)(H,21,24). The molecule has 1 aromatic rings. The van der Waals surface area contributed by atoms with Crippen molar-refractivity contribution in [1.29, 1.82) is 0 Å². The van der Waals surface area contributed by atoms with Crippen LogP contribution in [0.4, 0.5) is 5.69 Å². The summed E-state index contributed by atoms with van der Waals surface area (Å²) in [4.78, 5) is 26.3. The van der Waals surface area contributed by atoms with E-state index in [1.54, 1.807) is 24.3 Å². The highest BCUT2D eigenvalue weighted by Crippen LogP contribution is 2.11. The van der Waals surface area contributed by atoms with Crippen LogP contribution in [0, 0.1) is 0 Å². The van der Waals surface area contributed by atoms with E-state index in [0.717, 1.165) is 26.1 Å². The summed E-state index contributed by atoms with van der Waals surface area (Å²) in [6.07, 6.45) is 4.03. The van der Waals surface area contributed by atoms with Crippen molar-refractivity contribution in [3.63, 3.8) is 0 Å². The lowest BCUT2D eigenvalue weighted by Crippen LogP contribution is -2.35. The minimum atomic E-state index is -0.497. The molecule has 1 aromatic carbocycles. The summed E-state index contributed by atoms with van der Waals surface area (Å²) in [6.45, 7) is 5.80. The van der Waals surface area contributed by atoms with Crippen LogP contribution >= 0.6 is 0 Å². The van der Waals surface area contributed by atoms with E-state index in [1.165, 1.54) is 12.8 Å². The van der Waals surface area contributed by atoms with Crippen LogP contribution in [0.1, 0.15) is 43.0 Å². The Balaban J connectivity index is 1.77. The van der Waals surface area contributed by atoms with Crippen molar-refractivity contribution in [3.8, 4) is 0 Å². The first-order chi connectivity index (χ1) is 11.6. The Morgan fingerprint density at radius 1 is 1.21 bits per heavy atom. The van der Waals surface area contributed by atoms with Crippen molar-refractivity contribution in [2.75, 3.05) is 31.5 Å². The highest BCUT2D eigenvalue weighted by Gasteiger charge is 2.13. The molecule has 0 aromatic heterocycles. The topological polar surface area (TPSA) is 87.5 Å². The van der Waals surface area contributed by atoms with Gasteiger partial charge in [-0.05, 0) is 56.6 Å². The first-order valence-electron chi connectivity index (χ1n) is 8.77. The monoisotopic (exact) mass is 332 g/mol. The van der Waals surface area contributed by atoms with Crippen molar-refractivity contribution in [1.82, 2.24) is 10.2 Å². The van der Waals surface area contributed by atoms with Gasteiger partial charge in [-0.15, -0.1) is 0 Å². The van der Waals surface area contributed by atoms with Gasteiger partial charge in [-0.25, -0.2) is 0 Å². The normalized spacial score (nSPS) is 15.9. The zero-order valence-electron chi connectivity index (χ0n) is 14.4. The van der Waals surface area contributed by atoms with Gasteiger partial charge in [0.25, 0.3) is 5.91 Å². The highest BCUT2D eigenvalue weighted by atomic mass is 16.2. The second-order valence-electron chi connectivity index (χ2n) is 6.27. The Hall–Kier alpha value is -1.92. The zero-order valence-corrected chi connectivity index (χ0v) is 14.4. The first kappa shape index (κ1) is 18.4. The number of nitrogens with two attached hydrogens (primary N) is 1. The molecular formula is C18H28N4O2. The van der Waals surface area contributed by atoms with E-state index in [9.17, 15) is 9.59 Å². The van der Waals surface area contributed by atoms with Gasteiger partial charge in [0.1, 0.15) is 0 Å². The first-order valence-corrected chi connectivity index (χ1v) is 8.77. The van der Waals surface area contributed by atoms with Crippen LogP contribution in [-0.2, 0) is 4.79 Å². The van der Waals surface area contributed by atoms with Crippen LogP contribution in [0.3, 0.4) is 0 Å². The average Bonchev–Trinajstić information content (AvgIpc) is 3.09. The lowest BCUT2D eigenvalue weighted by atomic mass is 10.1. The average molecular weight is 332 g/mol. The molecule has 132 valence electrons. The predicted octanol–water partition coefficient (Wildman–Crippen LogP) is 1.58. The number of likely N-dealkylation sites (tertiary alicyclic amines) is 1. The summed E-state index contributed by atoms with van der Waals surface area (Å²) in [5.74, 6) is -0.283. The molecule has 6 heteroatoms. The molecular weight excluding hydrogens is 304 g/mol. The number of hydrogen-bond acceptors (Lipinski definition) is 4. The molecule has 1 unspecified atom stereocenters. The van der Waals surface area contributed by atoms with E-state index in [4.69, 9.17) is 5.73 Å². The minimum Gasteiger partial charge on any atom is -0.351 e. The molecule has 4 N–H and O–H groups in total. The van der Waals surface area contributed by atoms with Gasteiger partial charge in [0, 0.05) is 24.3 Å². The van der Waals surface area contributed by atoms with Crippen LogP contribution in [0.15, 0.2) is 24.3 Å². The zero-order chi connectivity index (χ0) is 17.4. The van der Waals surface area contributed by atoms with Gasteiger partial charge >= 0.3 is 0 Å². The summed E-state index contributed by atoms with van der Waals surface area (Å²) >= 11 is 0. The van der Waals surface area contributed by atoms with Crippen LogP contribution < -0.4 is 16.4 Å². The van der Waals surface area contributed by atoms with Crippen LogP contribution in [-0.4, -0.2) is 48.9 Å². The summed E-state index contributed by atoms with van der Waals surface area (Å²) < 4.78 is 0. The Bertz CT molecular complexity index is 538. The third-order valence-electron chi connectivity index (χ3n) is 4.26. The fourth-order valence-electron chi connectivity index (χ4n) is 2.82. The van der Waals surface area contributed by atoms with Crippen LogP contribution in [0.5, 0.6) is 0 Å². The molecule has 0 bridgehead atoms. The van der Waals surface area contributed by atoms with E-state index in [1.807, 2.05) is 6.92 Å². The maximum atomic E-state index is 12.1. The Kier molecular flexibility index (Phi) is 7.21. The number of nitrogens with one attached hydrogen (secondary N) is 2. The van der Waals surface area contributed by atoms with Gasteiger partial charge in [-0.3, -0.25) is 9.59 Å². The van der Waals surface area contributed by atoms with E-state index < -0.39 is 6.04 Å². The number of anilines is 1. The number of nitrogens with zero attached hydrogens (tertiary/aromatic N) is 1. The van der Waals surface area contributed by atoms with E-state index in [0.29, 0.717) is 24.2 Å². The molecule has 0 aliphatic carbocycles. The van der Waals surface area contributed by atoms with Crippen LogP contribution in [0.25, 0.3) is 0 Å². The number of carbonyl (C=O) groups excluding carboxylic acids is 2. The molecule has 1 saturated heterocycles. The quantitative estimate of drug-likeness (QED) is 0.674. The van der Waals surface area contributed by atoms with Crippen molar-refractivity contribution >= 4 is 17.5 Å². The molecule has 6 nitrogen and oxygen atoms in total. The molecule has 0 saturated carbocycles. The fourth-order valence-corrected chi connectivity index (χ4v) is 2.82. The number of hydrogen-bond donors (Lipinski definition) is 3. The second-order valence-corrected chi connectivity index (χ2v) is 6.27. The molecule has 2 amide bonds. The van der Waals surface area contributed by atoms with Crippen LogP contribution in [0.2, 0.25) is 0 Å². The van der Waals surface area contributed by atoms with Gasteiger partial charge < -0.3 is 21.3 Å². The molecule has 1 heterocycles. The van der Waals surface area contributed by atoms with Crippen molar-refractivity contribution in [3.05, 3.63) is 29.8 Å². The number of rotatable bonds is 8. The number of amides is 2. The summed E-state index contributed by atoms with van der Waals surface area (Å²) in [5, 5.41) is 5.70. The van der Waals surface area contributed by atoms with Gasteiger partial charge in [-0.2, -0.15) is 0 Å². The molecule has 2 rings (SSSR count). The SMILES string of the molecule is CCCC(N)C(=O)Nc1ccc(C(=O)NCCN2CCCC2)cc1. The molecule has 1 aliphatic heterocycles. The molecule has 1 atom stereocenters. The summed E-state index contributed by atoms with van der Waals surface area (Å²) in [7, 11) is 0. The van der Waals surface area contributed by atoms with Gasteiger partial charge in [0.05, 0.1) is 6.04 Å². The number of benzene rings is 1. The third kappa shape index (κ3) is 5.62. The second kappa shape index (κ2) is 9.39. The molecule has 24 heavy (non-hydrogen) atoms. The lowest BCUT2D eigenvalue weighted by molar-refractivity contribution is -0.117. The van der Waals surface area contributed by atoms with E-state index >= 15 is 0 Å². The van der Waals surface area contributed by atoms with Crippen molar-refractivity contribution in [2.45, 2.75) is 38.6 Å². The molecule has 1 aliphatic rings. The van der Waals surface area contributed by atoms with Crippen molar-refractivity contribution in [2.24, 2.45) is 5.73 Å². The van der Waals surface area contributed by atoms with E-state index in [2.05, 4.69) is 15.5 Å². The molecule has 0 spiro atoms. The summed E-state index contributed by atoms with van der Waals surface area (Å²) in [6, 6.07) is 6.39.